The Labute approximate surface area is 161 Å². The highest BCUT2D eigenvalue weighted by Crippen LogP contribution is 2.29. The molecule has 0 spiro atoms. The number of carbonyl (C=O) groups is 2. The Hall–Kier alpha value is -3.03. The largest absolute Gasteiger partial charge is 0.416 e. The molecule has 5 nitrogen and oxygen atoms in total. The number of rotatable bonds is 4. The summed E-state index contributed by atoms with van der Waals surface area (Å²) in [5, 5.41) is 7.88. The number of anilines is 1. The van der Waals surface area contributed by atoms with Crippen LogP contribution in [0.4, 0.5) is 23.7 Å². The minimum atomic E-state index is -4.44. The van der Waals surface area contributed by atoms with Gasteiger partial charge in [0, 0.05) is 23.3 Å². The Bertz CT molecular complexity index is 858. The number of nitrogens with one attached hydrogen (secondary N) is 3. The molecule has 0 radical (unpaired) electrons. The Morgan fingerprint density at radius 3 is 2.29 bits per heavy atom. The van der Waals surface area contributed by atoms with Crippen LogP contribution in [0.3, 0.4) is 0 Å². The zero-order valence-electron chi connectivity index (χ0n) is 15.8. The molecule has 0 saturated carbocycles. The zero-order chi connectivity index (χ0) is 20.9. The first-order valence-corrected chi connectivity index (χ1v) is 8.58. The van der Waals surface area contributed by atoms with Gasteiger partial charge in [-0.05, 0) is 56.7 Å². The molecule has 2 rings (SSSR count). The van der Waals surface area contributed by atoms with Gasteiger partial charge in [-0.3, -0.25) is 4.79 Å². The van der Waals surface area contributed by atoms with Gasteiger partial charge in [0.05, 0.1) is 5.56 Å². The molecule has 150 valence electrons. The van der Waals surface area contributed by atoms with Crippen molar-refractivity contribution in [2.24, 2.45) is 0 Å². The van der Waals surface area contributed by atoms with Gasteiger partial charge in [-0.2, -0.15) is 13.2 Å². The van der Waals surface area contributed by atoms with E-state index in [-0.39, 0.29) is 12.5 Å². The van der Waals surface area contributed by atoms with Gasteiger partial charge in [0.2, 0.25) is 0 Å². The lowest BCUT2D eigenvalue weighted by Gasteiger charge is -2.20. The summed E-state index contributed by atoms with van der Waals surface area (Å²) in [6, 6.07) is 10.5. The second-order valence-electron chi connectivity index (χ2n) is 7.29. The fourth-order valence-electron chi connectivity index (χ4n) is 2.37. The maximum atomic E-state index is 12.7. The van der Waals surface area contributed by atoms with Crippen LogP contribution in [-0.4, -0.2) is 17.5 Å². The van der Waals surface area contributed by atoms with Crippen molar-refractivity contribution in [2.75, 3.05) is 5.32 Å². The van der Waals surface area contributed by atoms with E-state index in [1.807, 2.05) is 20.8 Å². The first kappa shape index (κ1) is 21.3. The topological polar surface area (TPSA) is 70.2 Å². The minimum Gasteiger partial charge on any atom is -0.347 e. The molecule has 0 saturated heterocycles. The van der Waals surface area contributed by atoms with Crippen LogP contribution >= 0.6 is 0 Å². The van der Waals surface area contributed by atoms with E-state index in [4.69, 9.17) is 0 Å². The van der Waals surface area contributed by atoms with Gasteiger partial charge in [0.25, 0.3) is 5.91 Å². The van der Waals surface area contributed by atoms with Gasteiger partial charge < -0.3 is 16.0 Å². The van der Waals surface area contributed by atoms with Crippen LogP contribution in [0.1, 0.15) is 42.3 Å². The molecule has 0 aliphatic rings. The van der Waals surface area contributed by atoms with Crippen LogP contribution in [0, 0.1) is 0 Å². The normalized spacial score (nSPS) is 11.6. The third kappa shape index (κ3) is 6.61. The van der Waals surface area contributed by atoms with Gasteiger partial charge >= 0.3 is 12.2 Å². The van der Waals surface area contributed by atoms with Crippen LogP contribution in [0.25, 0.3) is 0 Å². The molecule has 0 unspecified atom stereocenters. The van der Waals surface area contributed by atoms with E-state index in [0.717, 1.165) is 12.1 Å². The molecular formula is C20H22F3N3O2. The third-order valence-corrected chi connectivity index (χ3v) is 3.58. The molecular weight excluding hydrogens is 371 g/mol. The summed E-state index contributed by atoms with van der Waals surface area (Å²) in [5.41, 5.74) is -0.0789. The summed E-state index contributed by atoms with van der Waals surface area (Å²) >= 11 is 0. The number of carbonyl (C=O) groups excluding carboxylic acids is 2. The molecule has 3 N–H and O–H groups in total. The number of halogens is 3. The number of alkyl halides is 3. The van der Waals surface area contributed by atoms with E-state index >= 15 is 0 Å². The first-order chi connectivity index (χ1) is 12.9. The van der Waals surface area contributed by atoms with Crippen LogP contribution < -0.4 is 16.0 Å². The predicted molar refractivity (Wildman–Crippen MR) is 101 cm³/mol. The van der Waals surface area contributed by atoms with E-state index < -0.39 is 23.3 Å². The van der Waals surface area contributed by atoms with E-state index in [1.54, 1.807) is 18.2 Å². The second-order valence-corrected chi connectivity index (χ2v) is 7.29. The molecule has 0 fully saturated rings. The summed E-state index contributed by atoms with van der Waals surface area (Å²) < 4.78 is 38.2. The predicted octanol–water partition coefficient (Wildman–Crippen LogP) is 4.56. The molecule has 0 aromatic heterocycles. The Balaban J connectivity index is 1.97. The van der Waals surface area contributed by atoms with Gasteiger partial charge in [0.1, 0.15) is 0 Å². The number of urea groups is 1. The lowest BCUT2D eigenvalue weighted by molar-refractivity contribution is -0.137. The number of hydrogen-bond acceptors (Lipinski definition) is 2. The van der Waals surface area contributed by atoms with Gasteiger partial charge in [-0.1, -0.05) is 18.2 Å². The van der Waals surface area contributed by atoms with E-state index in [2.05, 4.69) is 16.0 Å². The maximum Gasteiger partial charge on any atom is 0.416 e. The molecule has 0 heterocycles. The molecule has 3 amide bonds. The van der Waals surface area contributed by atoms with Crippen LogP contribution in [-0.2, 0) is 12.7 Å². The van der Waals surface area contributed by atoms with Crippen LogP contribution in [0.5, 0.6) is 0 Å². The summed E-state index contributed by atoms with van der Waals surface area (Å²) in [5.74, 6) is -0.277. The van der Waals surface area contributed by atoms with Crippen molar-refractivity contribution in [2.45, 2.75) is 39.0 Å². The van der Waals surface area contributed by atoms with Gasteiger partial charge in [0.15, 0.2) is 0 Å². The molecule has 0 atom stereocenters. The van der Waals surface area contributed by atoms with Crippen LogP contribution in [0.15, 0.2) is 48.5 Å². The molecule has 2 aromatic carbocycles. The van der Waals surface area contributed by atoms with E-state index in [0.29, 0.717) is 16.8 Å². The number of hydrogen-bond donors (Lipinski definition) is 3. The van der Waals surface area contributed by atoms with Crippen molar-refractivity contribution >= 4 is 17.6 Å². The molecule has 8 heteroatoms. The number of amides is 3. The Kier molecular flexibility index (Phi) is 6.33. The van der Waals surface area contributed by atoms with Crippen molar-refractivity contribution in [3.8, 4) is 0 Å². The number of benzene rings is 2. The fraction of sp³-hybridized carbons (Fsp3) is 0.300. The first-order valence-electron chi connectivity index (χ1n) is 8.58. The molecule has 0 aliphatic carbocycles. The van der Waals surface area contributed by atoms with Gasteiger partial charge in [-0.15, -0.1) is 0 Å². The monoisotopic (exact) mass is 393 g/mol. The van der Waals surface area contributed by atoms with E-state index in [9.17, 15) is 22.8 Å². The summed E-state index contributed by atoms with van der Waals surface area (Å²) in [6.07, 6.45) is -4.44. The SMILES string of the molecule is CC(C)(C)NC(=O)c1cccc(NC(=O)NCc2cccc(C(F)(F)F)c2)c1. The molecule has 28 heavy (non-hydrogen) atoms. The highest BCUT2D eigenvalue weighted by molar-refractivity contribution is 5.97. The molecule has 0 aliphatic heterocycles. The zero-order valence-corrected chi connectivity index (χ0v) is 15.8. The lowest BCUT2D eigenvalue weighted by Crippen LogP contribution is -2.40. The highest BCUT2D eigenvalue weighted by Gasteiger charge is 2.30. The van der Waals surface area contributed by atoms with Gasteiger partial charge in [-0.25, -0.2) is 4.79 Å². The third-order valence-electron chi connectivity index (χ3n) is 3.58. The highest BCUT2D eigenvalue weighted by atomic mass is 19.4. The quantitative estimate of drug-likeness (QED) is 0.713. The molecule has 2 aromatic rings. The van der Waals surface area contributed by atoms with Crippen LogP contribution in [0.2, 0.25) is 0 Å². The average Bonchev–Trinajstić information content (AvgIpc) is 2.58. The van der Waals surface area contributed by atoms with Crippen molar-refractivity contribution in [1.29, 1.82) is 0 Å². The summed E-state index contributed by atoms with van der Waals surface area (Å²) in [4.78, 5) is 24.2. The maximum absolute atomic E-state index is 12.7. The summed E-state index contributed by atoms with van der Waals surface area (Å²) in [7, 11) is 0. The van der Waals surface area contributed by atoms with Crippen molar-refractivity contribution in [3.05, 3.63) is 65.2 Å². The van der Waals surface area contributed by atoms with Crippen molar-refractivity contribution in [1.82, 2.24) is 10.6 Å². The minimum absolute atomic E-state index is 0.0695. The smallest absolute Gasteiger partial charge is 0.347 e. The fourth-order valence-corrected chi connectivity index (χ4v) is 2.37. The lowest BCUT2D eigenvalue weighted by atomic mass is 10.1. The Morgan fingerprint density at radius 1 is 0.964 bits per heavy atom. The van der Waals surface area contributed by atoms with Crippen molar-refractivity contribution in [3.63, 3.8) is 0 Å². The van der Waals surface area contributed by atoms with E-state index in [1.165, 1.54) is 18.2 Å². The molecule has 0 bridgehead atoms. The second kappa shape index (κ2) is 8.33. The Morgan fingerprint density at radius 2 is 1.64 bits per heavy atom. The standard InChI is InChI=1S/C20H22F3N3O2/c1-19(2,3)26-17(27)14-7-5-9-16(11-14)25-18(28)24-12-13-6-4-8-15(10-13)20(21,22)23/h4-11H,12H2,1-3H3,(H,26,27)(H2,24,25,28). The van der Waals surface area contributed by atoms with Crippen molar-refractivity contribution < 1.29 is 22.8 Å². The summed E-state index contributed by atoms with van der Waals surface area (Å²) in [6.45, 7) is 5.50. The average molecular weight is 393 g/mol.